The molecule has 0 bridgehead atoms. The van der Waals surface area contributed by atoms with Crippen LogP contribution >= 0.6 is 0 Å². The molecule has 1 aromatic heterocycles. The number of carbonyl (C=O) groups is 1. The Labute approximate surface area is 147 Å². The highest BCUT2D eigenvalue weighted by molar-refractivity contribution is 5.79. The van der Waals surface area contributed by atoms with E-state index >= 15 is 0 Å². The molecule has 1 aromatic carbocycles. The van der Waals surface area contributed by atoms with Crippen LogP contribution in [0.5, 0.6) is 0 Å². The van der Waals surface area contributed by atoms with Crippen molar-refractivity contribution in [2.45, 2.75) is 39.3 Å². The molecule has 3 rings (SSSR count). The number of aromatic amines is 1. The lowest BCUT2D eigenvalue weighted by atomic mass is 10.1. The first-order valence-electron chi connectivity index (χ1n) is 8.63. The predicted molar refractivity (Wildman–Crippen MR) is 96.3 cm³/mol. The van der Waals surface area contributed by atoms with Crippen LogP contribution in [0.2, 0.25) is 0 Å². The van der Waals surface area contributed by atoms with E-state index < -0.39 is 0 Å². The van der Waals surface area contributed by atoms with Crippen molar-refractivity contribution in [1.29, 1.82) is 0 Å². The van der Waals surface area contributed by atoms with Crippen molar-refractivity contribution < 1.29 is 4.79 Å². The van der Waals surface area contributed by atoms with Gasteiger partial charge in [-0.25, -0.2) is 4.79 Å². The normalized spacial score (nSPS) is 17.6. The fourth-order valence-corrected chi connectivity index (χ4v) is 3.39. The van der Waals surface area contributed by atoms with Crippen molar-refractivity contribution in [1.82, 2.24) is 20.2 Å². The number of likely N-dealkylation sites (tertiary alicyclic amines) is 1. The van der Waals surface area contributed by atoms with Gasteiger partial charge in [-0.15, -0.1) is 0 Å². The summed E-state index contributed by atoms with van der Waals surface area (Å²) in [6.07, 6.45) is 1.21. The van der Waals surface area contributed by atoms with E-state index in [0.29, 0.717) is 11.4 Å². The van der Waals surface area contributed by atoms with Gasteiger partial charge in [-0.2, -0.15) is 4.98 Å². The molecule has 6 heteroatoms. The molecular formula is C19H24N4O2. The molecule has 2 heterocycles. The Balaban J connectivity index is 1.53. The van der Waals surface area contributed by atoms with Crippen LogP contribution in [-0.2, 0) is 17.8 Å². The summed E-state index contributed by atoms with van der Waals surface area (Å²) >= 11 is 0. The second kappa shape index (κ2) is 7.61. The molecule has 2 N–H and O–H groups in total. The molecule has 1 aliphatic heterocycles. The number of carbonyl (C=O) groups excluding carboxylic acids is 1. The lowest BCUT2D eigenvalue weighted by Crippen LogP contribution is -2.38. The van der Waals surface area contributed by atoms with E-state index in [-0.39, 0.29) is 24.1 Å². The molecule has 2 aromatic rings. The minimum absolute atomic E-state index is 0.0217. The molecule has 1 saturated heterocycles. The third-order valence-electron chi connectivity index (χ3n) is 4.68. The highest BCUT2D eigenvalue weighted by Gasteiger charge is 2.24. The Morgan fingerprint density at radius 3 is 2.80 bits per heavy atom. The van der Waals surface area contributed by atoms with Crippen LogP contribution in [0.25, 0.3) is 0 Å². The summed E-state index contributed by atoms with van der Waals surface area (Å²) in [6, 6.07) is 10.5. The first kappa shape index (κ1) is 17.4. The van der Waals surface area contributed by atoms with Gasteiger partial charge in [-0.05, 0) is 25.8 Å². The third kappa shape index (κ3) is 4.54. The van der Waals surface area contributed by atoms with Gasteiger partial charge in [-0.1, -0.05) is 30.3 Å². The van der Waals surface area contributed by atoms with Crippen LogP contribution in [-0.4, -0.2) is 39.9 Å². The first-order valence-corrected chi connectivity index (χ1v) is 8.63. The van der Waals surface area contributed by atoms with E-state index in [1.807, 2.05) is 18.2 Å². The number of nitrogens with zero attached hydrogens (tertiary/aromatic N) is 2. The van der Waals surface area contributed by atoms with Gasteiger partial charge in [0.1, 0.15) is 0 Å². The van der Waals surface area contributed by atoms with E-state index in [1.54, 1.807) is 13.8 Å². The largest absolute Gasteiger partial charge is 0.352 e. The molecule has 1 atom stereocenters. The summed E-state index contributed by atoms with van der Waals surface area (Å²) in [5.74, 6) is -0.0217. The first-order chi connectivity index (χ1) is 12.0. The summed E-state index contributed by atoms with van der Waals surface area (Å²) in [5.41, 5.74) is 3.06. The maximum absolute atomic E-state index is 12.4. The average molecular weight is 340 g/mol. The van der Waals surface area contributed by atoms with E-state index in [1.165, 1.54) is 5.56 Å². The average Bonchev–Trinajstić information content (AvgIpc) is 2.98. The van der Waals surface area contributed by atoms with E-state index in [4.69, 9.17) is 0 Å². The van der Waals surface area contributed by atoms with E-state index in [9.17, 15) is 9.59 Å². The van der Waals surface area contributed by atoms with Crippen LogP contribution < -0.4 is 11.0 Å². The second-order valence-electron chi connectivity index (χ2n) is 6.68. The number of aryl methyl sites for hydroxylation is 2. The van der Waals surface area contributed by atoms with E-state index in [2.05, 4.69) is 32.3 Å². The number of rotatable bonds is 5. The smallest absolute Gasteiger partial charge is 0.345 e. The number of hydrogen-bond donors (Lipinski definition) is 2. The van der Waals surface area contributed by atoms with Gasteiger partial charge < -0.3 is 10.3 Å². The second-order valence-corrected chi connectivity index (χ2v) is 6.68. The summed E-state index contributed by atoms with van der Waals surface area (Å²) < 4.78 is 0. The predicted octanol–water partition coefficient (Wildman–Crippen LogP) is 1.32. The van der Waals surface area contributed by atoms with Gasteiger partial charge in [0.25, 0.3) is 0 Å². The molecule has 1 fully saturated rings. The lowest BCUT2D eigenvalue weighted by molar-refractivity contribution is -0.121. The number of amides is 1. The number of nitrogens with one attached hydrogen (secondary N) is 2. The summed E-state index contributed by atoms with van der Waals surface area (Å²) in [6.45, 7) is 6.33. The molecule has 0 spiro atoms. The minimum Gasteiger partial charge on any atom is -0.352 e. The van der Waals surface area contributed by atoms with Crippen LogP contribution in [0.1, 0.15) is 28.9 Å². The topological polar surface area (TPSA) is 78.1 Å². The van der Waals surface area contributed by atoms with Gasteiger partial charge >= 0.3 is 5.69 Å². The van der Waals surface area contributed by atoms with Crippen molar-refractivity contribution >= 4 is 5.91 Å². The van der Waals surface area contributed by atoms with E-state index in [0.717, 1.165) is 31.6 Å². The quantitative estimate of drug-likeness (QED) is 0.860. The van der Waals surface area contributed by atoms with Gasteiger partial charge in [-0.3, -0.25) is 9.69 Å². The highest BCUT2D eigenvalue weighted by atomic mass is 16.2. The zero-order chi connectivity index (χ0) is 17.8. The Hall–Kier alpha value is -2.47. The molecule has 1 aliphatic rings. The Morgan fingerprint density at radius 1 is 1.32 bits per heavy atom. The van der Waals surface area contributed by atoms with Gasteiger partial charge in [0, 0.05) is 42.6 Å². The maximum Gasteiger partial charge on any atom is 0.345 e. The molecule has 0 aliphatic carbocycles. The van der Waals surface area contributed by atoms with Crippen molar-refractivity contribution in [3.63, 3.8) is 0 Å². The zero-order valence-corrected chi connectivity index (χ0v) is 14.7. The fraction of sp³-hybridized carbons (Fsp3) is 0.421. The summed E-state index contributed by atoms with van der Waals surface area (Å²) in [7, 11) is 0. The Bertz CT molecular complexity index is 775. The minimum atomic E-state index is -0.369. The van der Waals surface area contributed by atoms with Crippen molar-refractivity contribution in [3.8, 4) is 0 Å². The molecule has 0 unspecified atom stereocenters. The summed E-state index contributed by atoms with van der Waals surface area (Å²) in [4.78, 5) is 32.6. The van der Waals surface area contributed by atoms with Crippen molar-refractivity contribution in [2.24, 2.45) is 0 Å². The van der Waals surface area contributed by atoms with Crippen LogP contribution in [0, 0.1) is 13.8 Å². The number of benzene rings is 1. The summed E-state index contributed by atoms with van der Waals surface area (Å²) in [5, 5.41) is 3.11. The number of hydrogen-bond acceptors (Lipinski definition) is 4. The van der Waals surface area contributed by atoms with Crippen LogP contribution in [0.4, 0.5) is 0 Å². The maximum atomic E-state index is 12.4. The fourth-order valence-electron chi connectivity index (χ4n) is 3.39. The Kier molecular flexibility index (Phi) is 5.28. The molecular weight excluding hydrogens is 316 g/mol. The molecule has 0 radical (unpaired) electrons. The standard InChI is InChI=1S/C19H24N4O2/c1-13-17(14(2)21-19(25)20-13)10-18(24)22-16-8-9-23(12-16)11-15-6-4-3-5-7-15/h3-7,16H,8-12H2,1-2H3,(H,22,24)(H,20,21,25)/t16-/m1/s1. The van der Waals surface area contributed by atoms with Crippen LogP contribution in [0.15, 0.2) is 35.1 Å². The monoisotopic (exact) mass is 340 g/mol. The Morgan fingerprint density at radius 2 is 2.08 bits per heavy atom. The molecule has 132 valence electrons. The molecule has 25 heavy (non-hydrogen) atoms. The van der Waals surface area contributed by atoms with Crippen LogP contribution in [0.3, 0.4) is 0 Å². The van der Waals surface area contributed by atoms with Crippen molar-refractivity contribution in [2.75, 3.05) is 13.1 Å². The van der Waals surface area contributed by atoms with Crippen molar-refractivity contribution in [3.05, 3.63) is 63.3 Å². The highest BCUT2D eigenvalue weighted by Crippen LogP contribution is 2.14. The molecule has 0 saturated carbocycles. The number of H-pyrrole nitrogens is 1. The SMILES string of the molecule is Cc1nc(=O)[nH]c(C)c1CC(=O)N[C@@H]1CCN(Cc2ccccc2)C1. The lowest BCUT2D eigenvalue weighted by Gasteiger charge is -2.17. The zero-order valence-electron chi connectivity index (χ0n) is 14.7. The van der Waals surface area contributed by atoms with Gasteiger partial charge in [0.05, 0.1) is 6.42 Å². The molecule has 1 amide bonds. The third-order valence-corrected chi connectivity index (χ3v) is 4.68. The molecule has 6 nitrogen and oxygen atoms in total. The number of aromatic nitrogens is 2. The van der Waals surface area contributed by atoms with Gasteiger partial charge in [0.2, 0.25) is 5.91 Å². The van der Waals surface area contributed by atoms with Gasteiger partial charge in [0.15, 0.2) is 0 Å².